The molecule has 2 N–H and O–H groups in total. The lowest BCUT2D eigenvalue weighted by atomic mass is 9.82. The third-order valence-corrected chi connectivity index (χ3v) is 14.0. The van der Waals surface area contributed by atoms with Gasteiger partial charge in [-0.15, -0.1) is 0 Å². The van der Waals surface area contributed by atoms with Gasteiger partial charge in [-0.1, -0.05) is 79.7 Å². The second kappa shape index (κ2) is 13.5. The van der Waals surface area contributed by atoms with Crippen molar-refractivity contribution in [3.63, 3.8) is 0 Å². The summed E-state index contributed by atoms with van der Waals surface area (Å²) in [5.41, 5.74) is 4.18. The second-order valence-electron chi connectivity index (χ2n) is 15.2. The van der Waals surface area contributed by atoms with E-state index in [1.54, 1.807) is 9.80 Å². The van der Waals surface area contributed by atoms with E-state index < -0.39 is 37.5 Å². The monoisotopic (exact) mass is 728 g/mol. The van der Waals surface area contributed by atoms with Crippen LogP contribution in [0.5, 0.6) is 0 Å². The highest BCUT2D eigenvalue weighted by Gasteiger charge is 2.67. The van der Waals surface area contributed by atoms with E-state index in [2.05, 4.69) is 0 Å². The minimum atomic E-state index is -3.10. The van der Waals surface area contributed by atoms with Crippen LogP contribution in [0.2, 0.25) is 18.6 Å². The number of carbonyl (C=O) groups excluding carboxylic acids is 3. The topological polar surface area (TPSA) is 123 Å². The number of fused-ring (bicyclic) bond motifs is 3. The second-order valence-corrected chi connectivity index (χ2v) is 19.2. The van der Waals surface area contributed by atoms with Gasteiger partial charge in [-0.05, 0) is 66.5 Å². The molecule has 1 saturated heterocycles. The van der Waals surface area contributed by atoms with Crippen LogP contribution in [0.15, 0.2) is 108 Å². The molecule has 0 unspecified atom stereocenters. The molecule has 5 atom stereocenters. The number of aliphatic hydroxyl groups excluding tert-OH is 1. The Morgan fingerprint density at radius 2 is 1.58 bits per heavy atom. The van der Waals surface area contributed by atoms with Crippen molar-refractivity contribution >= 4 is 48.8 Å². The summed E-state index contributed by atoms with van der Waals surface area (Å²) in [6, 6.07) is 32.2. The van der Waals surface area contributed by atoms with Gasteiger partial charge >= 0.3 is 0 Å². The molecule has 4 aliphatic rings. The number of rotatable bonds is 7. The Bertz CT molecular complexity index is 2100. The molecule has 4 heterocycles. The molecule has 1 fully saturated rings. The van der Waals surface area contributed by atoms with Gasteiger partial charge in [0.25, 0.3) is 5.91 Å². The summed E-state index contributed by atoms with van der Waals surface area (Å²) < 4.78 is 7.05. The van der Waals surface area contributed by atoms with Crippen molar-refractivity contribution in [2.45, 2.75) is 75.5 Å². The van der Waals surface area contributed by atoms with Crippen LogP contribution in [-0.2, 0) is 37.7 Å². The summed E-state index contributed by atoms with van der Waals surface area (Å²) in [6.45, 7) is 5.79. The zero-order valence-corrected chi connectivity index (χ0v) is 31.2. The maximum absolute atomic E-state index is 15.1. The third kappa shape index (κ3) is 5.92. The van der Waals surface area contributed by atoms with Gasteiger partial charge in [-0.25, -0.2) is 5.01 Å². The Morgan fingerprint density at radius 3 is 2.28 bits per heavy atom. The molecule has 0 bridgehead atoms. The molecule has 0 radical (unpaired) electrons. The zero-order chi connectivity index (χ0) is 37.1. The van der Waals surface area contributed by atoms with E-state index >= 15 is 4.79 Å². The van der Waals surface area contributed by atoms with Crippen LogP contribution in [0.4, 0.5) is 17.1 Å². The van der Waals surface area contributed by atoms with Crippen molar-refractivity contribution in [1.29, 1.82) is 0 Å². The number of benzene rings is 4. The number of ether oxygens (including phenoxy) is 1. The van der Waals surface area contributed by atoms with E-state index in [0.29, 0.717) is 42.0 Å². The number of hydrazone groups is 1. The fourth-order valence-corrected chi connectivity index (χ4v) is 11.6. The lowest BCUT2D eigenvalue weighted by Crippen LogP contribution is -2.48. The van der Waals surface area contributed by atoms with Crippen molar-refractivity contribution in [3.8, 4) is 0 Å². The molecule has 0 aliphatic carbocycles. The smallest absolute Gasteiger partial charge is 0.268 e. The van der Waals surface area contributed by atoms with E-state index in [1.807, 2.05) is 123 Å². The average molecular weight is 729 g/mol. The fourth-order valence-electron chi connectivity index (χ4n) is 9.08. The minimum absolute atomic E-state index is 0.0601. The average Bonchev–Trinajstić information content (AvgIpc) is 3.60. The Kier molecular flexibility index (Phi) is 8.93. The maximum Gasteiger partial charge on any atom is 0.268 e. The summed E-state index contributed by atoms with van der Waals surface area (Å²) in [4.78, 5) is 58.1. The molecule has 272 valence electrons. The zero-order valence-electron chi connectivity index (χ0n) is 30.2. The van der Waals surface area contributed by atoms with Gasteiger partial charge in [0.05, 0.1) is 42.3 Å². The highest BCUT2D eigenvalue weighted by molar-refractivity contribution is 6.71. The molecular formula is C42H44N4O6Si. The van der Waals surface area contributed by atoms with Gasteiger partial charge in [0.15, 0.2) is 13.9 Å². The molecule has 4 aromatic carbocycles. The van der Waals surface area contributed by atoms with Crippen molar-refractivity contribution in [2.75, 3.05) is 16.5 Å². The van der Waals surface area contributed by atoms with Crippen molar-refractivity contribution in [3.05, 3.63) is 125 Å². The van der Waals surface area contributed by atoms with Gasteiger partial charge in [0.2, 0.25) is 11.8 Å². The number of carbonyl (C=O) groups is 3. The quantitative estimate of drug-likeness (QED) is 0.224. The molecule has 4 aromatic rings. The van der Waals surface area contributed by atoms with Gasteiger partial charge in [0, 0.05) is 42.1 Å². The van der Waals surface area contributed by atoms with E-state index in [9.17, 15) is 19.5 Å². The Morgan fingerprint density at radius 1 is 0.906 bits per heavy atom. The van der Waals surface area contributed by atoms with Gasteiger partial charge in [-0.3, -0.25) is 19.3 Å². The van der Waals surface area contributed by atoms with E-state index in [0.717, 1.165) is 22.4 Å². The summed E-state index contributed by atoms with van der Waals surface area (Å²) in [7, 11) is -3.10. The lowest BCUT2D eigenvalue weighted by molar-refractivity contribution is -0.150. The molecule has 0 aromatic heterocycles. The normalized spacial score (nSPS) is 25.5. The Hall–Kier alpha value is -4.94. The van der Waals surface area contributed by atoms with Crippen LogP contribution < -0.4 is 9.91 Å². The molecule has 8 rings (SSSR count). The standard InChI is InChI=1S/C42H44N4O6Si/c1-27-40(53(2,3)51)37(24-39(49)44-25-30-15-11-10-14-29(30)22-33(44)26-47)52-42(27)34-23-32(18-20-36(34)45(41(42)50)31-16-8-5-9-17-31)46-38(48)21-19-35(43-46)28-12-6-4-7-13-28/h4-18,20,23,27,33,37,40,47,51H,19,21-22,24-26H2,1-3H3/t27-,33+,37+,40-,42+/m1/s1. The van der Waals surface area contributed by atoms with Crippen LogP contribution >= 0.6 is 0 Å². The molecule has 11 heteroatoms. The lowest BCUT2D eigenvalue weighted by Gasteiger charge is -2.37. The molecule has 1 spiro atoms. The number of amides is 3. The largest absolute Gasteiger partial charge is 0.432 e. The van der Waals surface area contributed by atoms with Gasteiger partial charge < -0.3 is 19.5 Å². The summed E-state index contributed by atoms with van der Waals surface area (Å²) in [6.07, 6.45) is 0.496. The third-order valence-electron chi connectivity index (χ3n) is 11.5. The van der Waals surface area contributed by atoms with E-state index in [-0.39, 0.29) is 37.2 Å². The summed E-state index contributed by atoms with van der Waals surface area (Å²) in [5, 5.41) is 16.6. The minimum Gasteiger partial charge on any atom is -0.432 e. The number of nitrogens with zero attached hydrogens (tertiary/aromatic N) is 4. The summed E-state index contributed by atoms with van der Waals surface area (Å²) in [5.74, 6) is -1.19. The molecule has 4 aliphatic heterocycles. The first kappa shape index (κ1) is 35.1. The highest BCUT2D eigenvalue weighted by atomic mass is 28.4. The predicted molar refractivity (Wildman–Crippen MR) is 205 cm³/mol. The molecular weight excluding hydrogens is 685 g/mol. The van der Waals surface area contributed by atoms with Crippen molar-refractivity contribution in [1.82, 2.24) is 4.90 Å². The predicted octanol–water partition coefficient (Wildman–Crippen LogP) is 6.03. The molecule has 10 nitrogen and oxygen atoms in total. The first-order chi connectivity index (χ1) is 25.5. The van der Waals surface area contributed by atoms with E-state index in [1.165, 1.54) is 5.01 Å². The SMILES string of the molecule is C[C@@H]1[C@@H]([Si](C)(C)O)[C@H](CC(=O)N2Cc3ccccc3C[C@H]2CO)O[C@@]12C(=O)N(c1ccccc1)c1ccc(N3N=C(c4ccccc4)CCC3=O)cc12. The summed E-state index contributed by atoms with van der Waals surface area (Å²) >= 11 is 0. The molecule has 3 amide bonds. The van der Waals surface area contributed by atoms with Crippen LogP contribution in [0.3, 0.4) is 0 Å². The first-order valence-corrected chi connectivity index (χ1v) is 21.4. The Balaban J connectivity index is 1.21. The number of para-hydroxylation sites is 1. The maximum atomic E-state index is 15.1. The number of hydrogen-bond donors (Lipinski definition) is 2. The first-order valence-electron chi connectivity index (χ1n) is 18.4. The number of hydrogen-bond acceptors (Lipinski definition) is 7. The van der Waals surface area contributed by atoms with Crippen LogP contribution in [0, 0.1) is 5.92 Å². The molecule has 0 saturated carbocycles. The van der Waals surface area contributed by atoms with Crippen molar-refractivity contribution < 1.29 is 29.0 Å². The fraction of sp³-hybridized carbons (Fsp3) is 0.333. The number of anilines is 3. The molecule has 53 heavy (non-hydrogen) atoms. The van der Waals surface area contributed by atoms with E-state index in [4.69, 9.17) is 9.84 Å². The number of aliphatic hydroxyl groups is 1. The van der Waals surface area contributed by atoms with Crippen LogP contribution in [-0.4, -0.2) is 65.3 Å². The van der Waals surface area contributed by atoms with Gasteiger partial charge in [0.1, 0.15) is 0 Å². The van der Waals surface area contributed by atoms with Crippen molar-refractivity contribution in [2.24, 2.45) is 11.0 Å². The highest BCUT2D eigenvalue weighted by Crippen LogP contribution is 2.61. The van der Waals surface area contributed by atoms with Gasteiger partial charge in [-0.2, -0.15) is 5.10 Å². The Labute approximate surface area is 310 Å². The van der Waals surface area contributed by atoms with Crippen LogP contribution in [0.1, 0.15) is 48.4 Å². The van der Waals surface area contributed by atoms with Crippen LogP contribution in [0.25, 0.3) is 0 Å².